The highest BCUT2D eigenvalue weighted by molar-refractivity contribution is 7.17. The molecule has 3 rings (SSSR count). The van der Waals surface area contributed by atoms with Gasteiger partial charge < -0.3 is 10.2 Å². The average Bonchev–Trinajstić information content (AvgIpc) is 3.00. The van der Waals surface area contributed by atoms with Gasteiger partial charge in [0.25, 0.3) is 5.91 Å². The van der Waals surface area contributed by atoms with E-state index in [1.54, 1.807) is 0 Å². The van der Waals surface area contributed by atoms with Crippen LogP contribution in [0.4, 0.5) is 0 Å². The highest BCUT2D eigenvalue weighted by Gasteiger charge is 2.19. The maximum atomic E-state index is 12.7. The fourth-order valence-corrected chi connectivity index (χ4v) is 5.44. The van der Waals surface area contributed by atoms with Crippen LogP contribution in [0, 0.1) is 27.7 Å². The standard InChI is InChI=1S/C23H33N3OS/c1-15-13-16(2)20(17(3)14-15)23-25-19(5)21(28-23)22(27)24-10-8-12-26-11-7-6-9-18(26)4/h13-14,18H,6-12H2,1-5H3,(H,24,27). The summed E-state index contributed by atoms with van der Waals surface area (Å²) >= 11 is 1.51. The van der Waals surface area contributed by atoms with Gasteiger partial charge in [-0.1, -0.05) is 24.1 Å². The molecule has 1 aliphatic heterocycles. The summed E-state index contributed by atoms with van der Waals surface area (Å²) in [4.78, 5) is 20.7. The van der Waals surface area contributed by atoms with Crippen molar-refractivity contribution in [3.8, 4) is 10.6 Å². The fraction of sp³-hybridized carbons (Fsp3) is 0.565. The Hall–Kier alpha value is -1.72. The lowest BCUT2D eigenvalue weighted by atomic mass is 10.0. The normalized spacial score (nSPS) is 17.7. The largest absolute Gasteiger partial charge is 0.351 e. The Bertz CT molecular complexity index is 819. The number of carbonyl (C=O) groups is 1. The number of nitrogens with one attached hydrogen (secondary N) is 1. The van der Waals surface area contributed by atoms with E-state index in [9.17, 15) is 4.79 Å². The van der Waals surface area contributed by atoms with Crippen molar-refractivity contribution in [1.29, 1.82) is 0 Å². The monoisotopic (exact) mass is 399 g/mol. The number of amides is 1. The molecule has 1 aromatic heterocycles. The van der Waals surface area contributed by atoms with Gasteiger partial charge in [0.15, 0.2) is 0 Å². The molecule has 1 unspecified atom stereocenters. The van der Waals surface area contributed by atoms with Crippen molar-refractivity contribution in [2.45, 2.75) is 66.3 Å². The summed E-state index contributed by atoms with van der Waals surface area (Å²) in [7, 11) is 0. The Morgan fingerprint density at radius 3 is 2.61 bits per heavy atom. The van der Waals surface area contributed by atoms with E-state index < -0.39 is 0 Å². The van der Waals surface area contributed by atoms with Crippen molar-refractivity contribution < 1.29 is 4.79 Å². The molecule has 4 nitrogen and oxygen atoms in total. The average molecular weight is 400 g/mol. The summed E-state index contributed by atoms with van der Waals surface area (Å²) in [5.41, 5.74) is 5.68. The molecule has 0 aliphatic carbocycles. The molecule has 1 aliphatic rings. The lowest BCUT2D eigenvalue weighted by molar-refractivity contribution is 0.0952. The molecule has 0 radical (unpaired) electrons. The topological polar surface area (TPSA) is 45.2 Å². The molecule has 152 valence electrons. The van der Waals surface area contributed by atoms with Crippen molar-refractivity contribution in [3.63, 3.8) is 0 Å². The molecule has 1 amide bonds. The number of nitrogens with zero attached hydrogens (tertiary/aromatic N) is 2. The molecule has 0 saturated carbocycles. The van der Waals surface area contributed by atoms with E-state index in [1.165, 1.54) is 53.8 Å². The molecule has 1 fully saturated rings. The minimum Gasteiger partial charge on any atom is -0.351 e. The first kappa shape index (κ1) is 21.0. The lowest BCUT2D eigenvalue weighted by Crippen LogP contribution is -2.39. The van der Waals surface area contributed by atoms with Crippen molar-refractivity contribution >= 4 is 17.2 Å². The number of carbonyl (C=O) groups excluding carboxylic acids is 1. The molecule has 28 heavy (non-hydrogen) atoms. The van der Waals surface area contributed by atoms with Gasteiger partial charge in [0.2, 0.25) is 0 Å². The summed E-state index contributed by atoms with van der Waals surface area (Å²) in [6.07, 6.45) is 4.95. The van der Waals surface area contributed by atoms with Crippen LogP contribution in [0.15, 0.2) is 12.1 Å². The van der Waals surface area contributed by atoms with Crippen LogP contribution in [0.3, 0.4) is 0 Å². The van der Waals surface area contributed by atoms with Gasteiger partial charge in [0, 0.05) is 24.7 Å². The minimum atomic E-state index is 0.00959. The number of rotatable bonds is 6. The Kier molecular flexibility index (Phi) is 6.89. The third-order valence-corrected chi connectivity index (χ3v) is 6.92. The SMILES string of the molecule is Cc1cc(C)c(-c2nc(C)c(C(=O)NCCCN3CCCCC3C)s2)c(C)c1. The van der Waals surface area contributed by atoms with Crippen LogP contribution >= 0.6 is 11.3 Å². The summed E-state index contributed by atoms with van der Waals surface area (Å²) < 4.78 is 0. The third kappa shape index (κ3) is 4.81. The van der Waals surface area contributed by atoms with Crippen molar-refractivity contribution in [2.75, 3.05) is 19.6 Å². The molecule has 1 N–H and O–H groups in total. The highest BCUT2D eigenvalue weighted by Crippen LogP contribution is 2.33. The zero-order valence-electron chi connectivity index (χ0n) is 17.9. The number of aromatic nitrogens is 1. The Labute approximate surface area is 173 Å². The van der Waals surface area contributed by atoms with Crippen LogP contribution in [0.25, 0.3) is 10.6 Å². The van der Waals surface area contributed by atoms with Crippen LogP contribution in [0.1, 0.15) is 64.7 Å². The van der Waals surface area contributed by atoms with E-state index in [1.807, 2.05) is 6.92 Å². The van der Waals surface area contributed by atoms with Gasteiger partial charge in [-0.2, -0.15) is 0 Å². The van der Waals surface area contributed by atoms with E-state index in [0.717, 1.165) is 40.7 Å². The Balaban J connectivity index is 1.61. The zero-order valence-corrected chi connectivity index (χ0v) is 18.7. The second kappa shape index (κ2) is 9.19. The second-order valence-electron chi connectivity index (χ2n) is 8.20. The van der Waals surface area contributed by atoms with Crippen LogP contribution in [-0.4, -0.2) is 41.5 Å². The smallest absolute Gasteiger partial charge is 0.263 e. The van der Waals surface area contributed by atoms with E-state index in [4.69, 9.17) is 4.98 Å². The molecule has 0 spiro atoms. The van der Waals surface area contributed by atoms with Gasteiger partial charge in [-0.05, 0) is 71.6 Å². The van der Waals surface area contributed by atoms with Crippen molar-refractivity contribution in [3.05, 3.63) is 39.4 Å². The van der Waals surface area contributed by atoms with E-state index in [-0.39, 0.29) is 5.91 Å². The highest BCUT2D eigenvalue weighted by atomic mass is 32.1. The first-order valence-electron chi connectivity index (χ1n) is 10.4. The minimum absolute atomic E-state index is 0.00959. The van der Waals surface area contributed by atoms with Gasteiger partial charge >= 0.3 is 0 Å². The zero-order chi connectivity index (χ0) is 20.3. The van der Waals surface area contributed by atoms with E-state index in [0.29, 0.717) is 6.04 Å². The Morgan fingerprint density at radius 2 is 1.93 bits per heavy atom. The van der Waals surface area contributed by atoms with Crippen LogP contribution in [-0.2, 0) is 0 Å². The first-order chi connectivity index (χ1) is 13.4. The Morgan fingerprint density at radius 1 is 1.21 bits per heavy atom. The summed E-state index contributed by atoms with van der Waals surface area (Å²) in [5, 5.41) is 4.05. The third-order valence-electron chi connectivity index (χ3n) is 5.74. The van der Waals surface area contributed by atoms with Gasteiger partial charge in [-0.25, -0.2) is 4.98 Å². The number of hydrogen-bond donors (Lipinski definition) is 1. The maximum Gasteiger partial charge on any atom is 0.263 e. The predicted molar refractivity (Wildman–Crippen MR) is 118 cm³/mol. The number of benzene rings is 1. The summed E-state index contributed by atoms with van der Waals surface area (Å²) in [6.45, 7) is 13.6. The second-order valence-corrected chi connectivity index (χ2v) is 9.20. The number of aryl methyl sites for hydroxylation is 4. The molecule has 1 saturated heterocycles. The molecule has 5 heteroatoms. The van der Waals surface area contributed by atoms with E-state index in [2.05, 4.69) is 50.0 Å². The van der Waals surface area contributed by atoms with Gasteiger partial charge in [0.05, 0.1) is 5.69 Å². The maximum absolute atomic E-state index is 12.7. The fourth-order valence-electron chi connectivity index (χ4n) is 4.29. The molecule has 0 bridgehead atoms. The number of hydrogen-bond acceptors (Lipinski definition) is 4. The van der Waals surface area contributed by atoms with Crippen LogP contribution < -0.4 is 5.32 Å². The predicted octanol–water partition coefficient (Wildman–Crippen LogP) is 5.04. The van der Waals surface area contributed by atoms with Gasteiger partial charge in [-0.3, -0.25) is 4.79 Å². The van der Waals surface area contributed by atoms with Crippen molar-refractivity contribution in [2.24, 2.45) is 0 Å². The quantitative estimate of drug-likeness (QED) is 0.692. The van der Waals surface area contributed by atoms with Crippen LogP contribution in [0.2, 0.25) is 0 Å². The molecule has 1 atom stereocenters. The molecule has 2 aromatic rings. The van der Waals surface area contributed by atoms with Crippen LogP contribution in [0.5, 0.6) is 0 Å². The molecule has 1 aromatic carbocycles. The van der Waals surface area contributed by atoms with Gasteiger partial charge in [-0.15, -0.1) is 11.3 Å². The lowest BCUT2D eigenvalue weighted by Gasteiger charge is -2.33. The van der Waals surface area contributed by atoms with Gasteiger partial charge in [0.1, 0.15) is 9.88 Å². The number of piperidine rings is 1. The number of thiazole rings is 1. The summed E-state index contributed by atoms with van der Waals surface area (Å²) in [5.74, 6) is 0.00959. The van der Waals surface area contributed by atoms with Crippen molar-refractivity contribution in [1.82, 2.24) is 15.2 Å². The summed E-state index contributed by atoms with van der Waals surface area (Å²) in [6, 6.07) is 5.04. The molecular formula is C23H33N3OS. The number of likely N-dealkylation sites (tertiary alicyclic amines) is 1. The first-order valence-corrected chi connectivity index (χ1v) is 11.3. The molecule has 2 heterocycles. The molecular weight excluding hydrogens is 366 g/mol. The van der Waals surface area contributed by atoms with E-state index >= 15 is 0 Å².